The van der Waals surface area contributed by atoms with Gasteiger partial charge in [-0.05, 0) is 25.5 Å². The molecule has 0 aliphatic heterocycles. The number of carbonyl (C=O) groups excluding carboxylic acids is 1. The number of methoxy groups -OCH3 is 1. The Morgan fingerprint density at radius 2 is 2.06 bits per heavy atom. The van der Waals surface area contributed by atoms with E-state index in [1.54, 1.807) is 0 Å². The van der Waals surface area contributed by atoms with Gasteiger partial charge in [-0.2, -0.15) is 0 Å². The highest BCUT2D eigenvalue weighted by Crippen LogP contribution is 2.23. The van der Waals surface area contributed by atoms with Gasteiger partial charge >= 0.3 is 11.9 Å². The molecule has 0 saturated carbocycles. The SMILES string of the molecule is COC(=O)c1nnc(-c2cc(C)ccc2C)o1. The normalized spacial score (nSPS) is 10.3. The van der Waals surface area contributed by atoms with Gasteiger partial charge in [0.2, 0.25) is 5.89 Å². The smallest absolute Gasteiger partial charge is 0.396 e. The Labute approximate surface area is 98.4 Å². The summed E-state index contributed by atoms with van der Waals surface area (Å²) in [6, 6.07) is 5.90. The van der Waals surface area contributed by atoms with Crippen molar-refractivity contribution < 1.29 is 13.9 Å². The van der Waals surface area contributed by atoms with Crippen molar-refractivity contribution in [3.8, 4) is 11.5 Å². The number of hydrogen-bond donors (Lipinski definition) is 0. The van der Waals surface area contributed by atoms with Gasteiger partial charge in [-0.15, -0.1) is 10.2 Å². The van der Waals surface area contributed by atoms with E-state index in [1.165, 1.54) is 7.11 Å². The average Bonchev–Trinajstić information content (AvgIpc) is 2.80. The van der Waals surface area contributed by atoms with Crippen molar-refractivity contribution in [1.82, 2.24) is 10.2 Å². The minimum Gasteiger partial charge on any atom is -0.462 e. The van der Waals surface area contributed by atoms with Gasteiger partial charge in [-0.25, -0.2) is 4.79 Å². The molecule has 17 heavy (non-hydrogen) atoms. The second-order valence-electron chi connectivity index (χ2n) is 3.72. The first kappa shape index (κ1) is 11.3. The number of hydrogen-bond acceptors (Lipinski definition) is 5. The van der Waals surface area contributed by atoms with Gasteiger partial charge in [0.05, 0.1) is 7.11 Å². The molecule has 0 spiro atoms. The third kappa shape index (κ3) is 2.18. The fourth-order valence-electron chi connectivity index (χ4n) is 1.47. The van der Waals surface area contributed by atoms with E-state index in [0.29, 0.717) is 5.89 Å². The summed E-state index contributed by atoms with van der Waals surface area (Å²) >= 11 is 0. The molecule has 0 N–H and O–H groups in total. The average molecular weight is 232 g/mol. The molecule has 1 aromatic heterocycles. The van der Waals surface area contributed by atoms with Crippen LogP contribution in [0.3, 0.4) is 0 Å². The van der Waals surface area contributed by atoms with Crippen molar-refractivity contribution in [2.45, 2.75) is 13.8 Å². The summed E-state index contributed by atoms with van der Waals surface area (Å²) in [7, 11) is 1.27. The molecule has 0 aliphatic rings. The van der Waals surface area contributed by atoms with Crippen LogP contribution in [0.15, 0.2) is 22.6 Å². The number of carbonyl (C=O) groups is 1. The molecule has 2 aromatic rings. The summed E-state index contributed by atoms with van der Waals surface area (Å²) in [4.78, 5) is 11.2. The molecular formula is C12H12N2O3. The Morgan fingerprint density at radius 3 is 2.76 bits per heavy atom. The zero-order valence-electron chi connectivity index (χ0n) is 9.85. The van der Waals surface area contributed by atoms with Gasteiger partial charge in [-0.1, -0.05) is 17.7 Å². The first-order valence-electron chi connectivity index (χ1n) is 5.11. The highest BCUT2D eigenvalue weighted by atomic mass is 16.5. The van der Waals surface area contributed by atoms with E-state index in [9.17, 15) is 4.79 Å². The number of aromatic nitrogens is 2. The van der Waals surface area contributed by atoms with E-state index in [0.717, 1.165) is 16.7 Å². The van der Waals surface area contributed by atoms with Crippen LogP contribution in [-0.2, 0) is 4.74 Å². The number of nitrogens with zero attached hydrogens (tertiary/aromatic N) is 2. The summed E-state index contributed by atoms with van der Waals surface area (Å²) < 4.78 is 9.77. The van der Waals surface area contributed by atoms with Crippen LogP contribution >= 0.6 is 0 Å². The highest BCUT2D eigenvalue weighted by molar-refractivity contribution is 5.84. The van der Waals surface area contributed by atoms with Crippen molar-refractivity contribution in [2.75, 3.05) is 7.11 Å². The lowest BCUT2D eigenvalue weighted by Gasteiger charge is -2.01. The van der Waals surface area contributed by atoms with E-state index >= 15 is 0 Å². The van der Waals surface area contributed by atoms with Crippen LogP contribution < -0.4 is 0 Å². The second kappa shape index (κ2) is 4.37. The lowest BCUT2D eigenvalue weighted by molar-refractivity contribution is 0.0556. The Balaban J connectivity index is 2.43. The standard InChI is InChI=1S/C12H12N2O3/c1-7-4-5-8(2)9(6-7)10-13-14-11(17-10)12(15)16-3/h4-6H,1-3H3. The summed E-state index contributed by atoms with van der Waals surface area (Å²) in [5.74, 6) is -0.441. The van der Waals surface area contributed by atoms with Crippen molar-refractivity contribution >= 4 is 5.97 Å². The molecule has 0 unspecified atom stereocenters. The van der Waals surface area contributed by atoms with Gasteiger partial charge in [0.15, 0.2) is 0 Å². The van der Waals surface area contributed by atoms with E-state index in [1.807, 2.05) is 32.0 Å². The molecule has 0 aliphatic carbocycles. The van der Waals surface area contributed by atoms with Crippen LogP contribution in [-0.4, -0.2) is 23.3 Å². The Kier molecular flexibility index (Phi) is 2.91. The Morgan fingerprint density at radius 1 is 1.29 bits per heavy atom. The second-order valence-corrected chi connectivity index (χ2v) is 3.72. The molecule has 88 valence electrons. The monoisotopic (exact) mass is 232 g/mol. The molecule has 0 bridgehead atoms. The van der Waals surface area contributed by atoms with Crippen LogP contribution in [0.1, 0.15) is 21.8 Å². The maximum atomic E-state index is 11.2. The van der Waals surface area contributed by atoms with E-state index in [2.05, 4.69) is 14.9 Å². The third-order valence-corrected chi connectivity index (χ3v) is 2.41. The van der Waals surface area contributed by atoms with E-state index in [-0.39, 0.29) is 5.89 Å². The molecule has 5 heteroatoms. The fraction of sp³-hybridized carbons (Fsp3) is 0.250. The minimum atomic E-state index is -0.631. The van der Waals surface area contributed by atoms with E-state index in [4.69, 9.17) is 4.42 Å². The summed E-state index contributed by atoms with van der Waals surface area (Å²) in [5, 5.41) is 7.48. The molecule has 0 amide bonds. The van der Waals surface area contributed by atoms with E-state index < -0.39 is 5.97 Å². The number of aryl methyl sites for hydroxylation is 2. The molecular weight excluding hydrogens is 220 g/mol. The Bertz CT molecular complexity index is 561. The predicted molar refractivity (Wildman–Crippen MR) is 60.5 cm³/mol. The third-order valence-electron chi connectivity index (χ3n) is 2.41. The number of rotatable bonds is 2. The molecule has 5 nitrogen and oxygen atoms in total. The highest BCUT2D eigenvalue weighted by Gasteiger charge is 2.17. The molecule has 2 rings (SSSR count). The lowest BCUT2D eigenvalue weighted by atomic mass is 10.1. The van der Waals surface area contributed by atoms with Gasteiger partial charge in [0.1, 0.15) is 0 Å². The van der Waals surface area contributed by atoms with Gasteiger partial charge in [0, 0.05) is 5.56 Å². The van der Waals surface area contributed by atoms with Gasteiger partial charge < -0.3 is 9.15 Å². The number of esters is 1. The lowest BCUT2D eigenvalue weighted by Crippen LogP contribution is -2.00. The molecule has 1 heterocycles. The van der Waals surface area contributed by atoms with Crippen molar-refractivity contribution in [3.63, 3.8) is 0 Å². The molecule has 0 radical (unpaired) electrons. The van der Waals surface area contributed by atoms with Crippen LogP contribution in [0.4, 0.5) is 0 Å². The van der Waals surface area contributed by atoms with Crippen LogP contribution in [0.2, 0.25) is 0 Å². The minimum absolute atomic E-state index is 0.136. The zero-order valence-corrected chi connectivity index (χ0v) is 9.85. The van der Waals surface area contributed by atoms with Crippen LogP contribution in [0, 0.1) is 13.8 Å². The largest absolute Gasteiger partial charge is 0.462 e. The van der Waals surface area contributed by atoms with Crippen LogP contribution in [0.5, 0.6) is 0 Å². The van der Waals surface area contributed by atoms with Crippen LogP contribution in [0.25, 0.3) is 11.5 Å². The summed E-state index contributed by atoms with van der Waals surface area (Å²) in [6.45, 7) is 3.91. The topological polar surface area (TPSA) is 65.2 Å². The van der Waals surface area contributed by atoms with Crippen molar-refractivity contribution in [2.24, 2.45) is 0 Å². The van der Waals surface area contributed by atoms with Crippen molar-refractivity contribution in [3.05, 3.63) is 35.2 Å². The zero-order chi connectivity index (χ0) is 12.4. The summed E-state index contributed by atoms with van der Waals surface area (Å²) in [6.07, 6.45) is 0. The maximum Gasteiger partial charge on any atom is 0.396 e. The molecule has 0 atom stereocenters. The summed E-state index contributed by atoms with van der Waals surface area (Å²) in [5.41, 5.74) is 2.92. The number of ether oxygens (including phenoxy) is 1. The Hall–Kier alpha value is -2.17. The molecule has 0 saturated heterocycles. The first-order chi connectivity index (χ1) is 8.11. The predicted octanol–water partition coefficient (Wildman–Crippen LogP) is 2.14. The fourth-order valence-corrected chi connectivity index (χ4v) is 1.47. The quantitative estimate of drug-likeness (QED) is 0.742. The van der Waals surface area contributed by atoms with Gasteiger partial charge in [0.25, 0.3) is 0 Å². The molecule has 0 fully saturated rings. The first-order valence-corrected chi connectivity index (χ1v) is 5.11. The molecule has 1 aromatic carbocycles. The van der Waals surface area contributed by atoms with Gasteiger partial charge in [-0.3, -0.25) is 0 Å². The van der Waals surface area contributed by atoms with Crippen molar-refractivity contribution in [1.29, 1.82) is 0 Å². The number of benzene rings is 1. The maximum absolute atomic E-state index is 11.2.